The minimum Gasteiger partial charge on any atom is -0.393 e. The molecule has 1 aromatic rings. The van der Waals surface area contributed by atoms with E-state index in [9.17, 15) is 5.11 Å². The number of allylic oxidation sites excluding steroid dienone is 3. The Labute approximate surface area is 177 Å². The van der Waals surface area contributed by atoms with Gasteiger partial charge in [0.05, 0.1) is 6.10 Å². The molecule has 0 heterocycles. The Hall–Kier alpha value is -1.34. The van der Waals surface area contributed by atoms with Crippen LogP contribution in [0, 0.1) is 28.6 Å². The molecule has 0 amide bonds. The highest BCUT2D eigenvalue weighted by molar-refractivity contribution is 5.73. The van der Waals surface area contributed by atoms with Gasteiger partial charge in [-0.3, -0.25) is 0 Å². The predicted molar refractivity (Wildman–Crippen MR) is 122 cm³/mol. The summed E-state index contributed by atoms with van der Waals surface area (Å²) in [6.45, 7) is 9.64. The van der Waals surface area contributed by atoms with Gasteiger partial charge in [0.2, 0.25) is 0 Å². The normalized spacial score (nSPS) is 41.3. The molecule has 156 valence electrons. The first-order valence-corrected chi connectivity index (χ1v) is 12.0. The van der Waals surface area contributed by atoms with Gasteiger partial charge in [0.1, 0.15) is 0 Å². The predicted octanol–water partition coefficient (Wildman–Crippen LogP) is 7.13. The fourth-order valence-corrected chi connectivity index (χ4v) is 7.70. The van der Waals surface area contributed by atoms with Gasteiger partial charge in [-0.15, -0.1) is 0 Å². The largest absolute Gasteiger partial charge is 0.393 e. The molecule has 0 saturated heterocycles. The van der Waals surface area contributed by atoms with Crippen molar-refractivity contribution in [1.29, 1.82) is 0 Å². The number of hydrogen-bond acceptors (Lipinski definition) is 1. The lowest BCUT2D eigenvalue weighted by molar-refractivity contribution is -0.0238. The van der Waals surface area contributed by atoms with Gasteiger partial charge in [-0.25, -0.2) is 0 Å². The molecule has 0 radical (unpaired) electrons. The highest BCUT2D eigenvalue weighted by Gasteiger charge is 2.56. The molecule has 1 aromatic carbocycles. The van der Waals surface area contributed by atoms with Crippen molar-refractivity contribution < 1.29 is 5.11 Å². The van der Waals surface area contributed by atoms with E-state index in [1.165, 1.54) is 43.2 Å². The van der Waals surface area contributed by atoms with Crippen LogP contribution >= 0.6 is 0 Å². The average molecular weight is 391 g/mol. The van der Waals surface area contributed by atoms with Crippen LogP contribution in [0.5, 0.6) is 0 Å². The summed E-state index contributed by atoms with van der Waals surface area (Å²) in [7, 11) is 0. The Morgan fingerprint density at radius 2 is 1.62 bits per heavy atom. The first kappa shape index (κ1) is 19.6. The number of rotatable bonds is 2. The van der Waals surface area contributed by atoms with E-state index in [-0.39, 0.29) is 6.10 Å². The zero-order chi connectivity index (χ0) is 20.4. The number of aliphatic hydroxyl groups is 1. The highest BCUT2D eigenvalue weighted by Crippen LogP contribution is 2.66. The molecule has 6 unspecified atom stereocenters. The third-order valence-electron chi connectivity index (χ3n) is 9.55. The van der Waals surface area contributed by atoms with Crippen molar-refractivity contribution in [3.63, 3.8) is 0 Å². The molecule has 5 rings (SSSR count). The zero-order valence-corrected chi connectivity index (χ0v) is 18.7. The summed E-state index contributed by atoms with van der Waals surface area (Å²) in [5, 5.41) is 10.2. The molecule has 1 N–H and O–H groups in total. The molecule has 2 saturated carbocycles. The van der Waals surface area contributed by atoms with E-state index >= 15 is 0 Å². The summed E-state index contributed by atoms with van der Waals surface area (Å²) in [6, 6.07) is 9.44. The second kappa shape index (κ2) is 6.84. The van der Waals surface area contributed by atoms with Crippen molar-refractivity contribution in [2.75, 3.05) is 0 Å². The smallest absolute Gasteiger partial charge is 0.0577 e. The zero-order valence-electron chi connectivity index (χ0n) is 18.7. The molecule has 1 nitrogen and oxygen atoms in total. The van der Waals surface area contributed by atoms with E-state index in [0.717, 1.165) is 30.6 Å². The van der Waals surface area contributed by atoms with Crippen LogP contribution in [0.1, 0.15) is 89.7 Å². The maximum absolute atomic E-state index is 10.2. The van der Waals surface area contributed by atoms with Crippen molar-refractivity contribution in [3.8, 4) is 0 Å². The molecule has 6 atom stereocenters. The molecular formula is C28H38O. The molecule has 0 aromatic heterocycles. The number of aliphatic hydroxyl groups excluding tert-OH is 1. The maximum Gasteiger partial charge on any atom is 0.0577 e. The monoisotopic (exact) mass is 390 g/mol. The van der Waals surface area contributed by atoms with Crippen LogP contribution in [-0.2, 0) is 0 Å². The second-order valence-corrected chi connectivity index (χ2v) is 11.2. The van der Waals surface area contributed by atoms with Gasteiger partial charge in [-0.2, -0.15) is 0 Å². The number of hydrogen-bond donors (Lipinski definition) is 1. The molecule has 4 aliphatic carbocycles. The highest BCUT2D eigenvalue weighted by atomic mass is 16.3. The summed E-state index contributed by atoms with van der Waals surface area (Å²) in [5.41, 5.74) is 6.76. The van der Waals surface area contributed by atoms with Gasteiger partial charge < -0.3 is 5.11 Å². The molecule has 0 bridgehead atoms. The van der Waals surface area contributed by atoms with Gasteiger partial charge in [0.25, 0.3) is 0 Å². The quantitative estimate of drug-likeness (QED) is 0.533. The van der Waals surface area contributed by atoms with E-state index < -0.39 is 0 Å². The van der Waals surface area contributed by atoms with Crippen LogP contribution in [0.3, 0.4) is 0 Å². The van der Waals surface area contributed by atoms with E-state index in [1.807, 2.05) is 0 Å². The van der Waals surface area contributed by atoms with Crippen molar-refractivity contribution in [1.82, 2.24) is 0 Å². The standard InChI is InChI=1S/C28H38O/c1-18(2)19-5-7-20(8-6-19)24-11-12-25-23-10-9-21-17-22(29)13-15-27(21,3)26(23)14-16-28(24,25)4/h5-9,11,18,22-23,25-26,29H,10,12-17H2,1-4H3. The Kier molecular flexibility index (Phi) is 4.63. The molecule has 4 aliphatic rings. The number of fused-ring (bicyclic) bond motifs is 5. The average Bonchev–Trinajstić information content (AvgIpc) is 3.06. The van der Waals surface area contributed by atoms with Crippen molar-refractivity contribution in [2.24, 2.45) is 28.6 Å². The SMILES string of the molecule is CC(C)c1ccc(C2=CCC3C4CC=C5CC(O)CCC5(C)C4CCC23C)cc1. The second-order valence-electron chi connectivity index (χ2n) is 11.2. The van der Waals surface area contributed by atoms with Gasteiger partial charge >= 0.3 is 0 Å². The van der Waals surface area contributed by atoms with Gasteiger partial charge in [-0.05, 0) is 96.1 Å². The lowest BCUT2D eigenvalue weighted by Gasteiger charge is -2.57. The molecular weight excluding hydrogens is 352 g/mol. The van der Waals surface area contributed by atoms with Crippen LogP contribution in [0.4, 0.5) is 0 Å². The lowest BCUT2D eigenvalue weighted by atomic mass is 9.47. The van der Waals surface area contributed by atoms with Crippen LogP contribution in [0.2, 0.25) is 0 Å². The van der Waals surface area contributed by atoms with Gasteiger partial charge in [0.15, 0.2) is 0 Å². The summed E-state index contributed by atoms with van der Waals surface area (Å²) >= 11 is 0. The summed E-state index contributed by atoms with van der Waals surface area (Å²) in [5.74, 6) is 2.99. The molecule has 29 heavy (non-hydrogen) atoms. The third-order valence-corrected chi connectivity index (χ3v) is 9.55. The Balaban J connectivity index is 1.43. The Bertz CT molecular complexity index is 844. The van der Waals surface area contributed by atoms with Crippen molar-refractivity contribution in [3.05, 3.63) is 53.1 Å². The van der Waals surface area contributed by atoms with Gasteiger partial charge in [0, 0.05) is 0 Å². The van der Waals surface area contributed by atoms with Crippen LogP contribution in [-0.4, -0.2) is 11.2 Å². The molecule has 0 spiro atoms. The van der Waals surface area contributed by atoms with E-state index in [1.54, 1.807) is 11.1 Å². The topological polar surface area (TPSA) is 20.2 Å². The van der Waals surface area contributed by atoms with Crippen LogP contribution < -0.4 is 0 Å². The van der Waals surface area contributed by atoms with Crippen LogP contribution in [0.15, 0.2) is 42.0 Å². The minimum atomic E-state index is -0.103. The Morgan fingerprint density at radius 1 is 0.897 bits per heavy atom. The summed E-state index contributed by atoms with van der Waals surface area (Å²) in [6.07, 6.45) is 13.3. The Morgan fingerprint density at radius 3 is 2.34 bits per heavy atom. The summed E-state index contributed by atoms with van der Waals surface area (Å²) in [4.78, 5) is 0. The fourth-order valence-electron chi connectivity index (χ4n) is 7.70. The maximum atomic E-state index is 10.2. The first-order valence-electron chi connectivity index (χ1n) is 12.0. The number of benzene rings is 1. The van der Waals surface area contributed by atoms with Crippen molar-refractivity contribution in [2.45, 2.75) is 84.7 Å². The molecule has 1 heteroatoms. The lowest BCUT2D eigenvalue weighted by Crippen LogP contribution is -2.49. The summed E-state index contributed by atoms with van der Waals surface area (Å²) < 4.78 is 0. The van der Waals surface area contributed by atoms with Gasteiger partial charge in [-0.1, -0.05) is 69.7 Å². The van der Waals surface area contributed by atoms with E-state index in [4.69, 9.17) is 0 Å². The minimum absolute atomic E-state index is 0.103. The van der Waals surface area contributed by atoms with E-state index in [0.29, 0.717) is 16.7 Å². The van der Waals surface area contributed by atoms with Crippen LogP contribution in [0.25, 0.3) is 5.57 Å². The molecule has 2 fully saturated rings. The van der Waals surface area contributed by atoms with Crippen molar-refractivity contribution >= 4 is 5.57 Å². The van der Waals surface area contributed by atoms with E-state index in [2.05, 4.69) is 64.1 Å². The fraction of sp³-hybridized carbons (Fsp3) is 0.643. The third kappa shape index (κ3) is 2.91. The first-order chi connectivity index (χ1) is 13.8. The molecule has 0 aliphatic heterocycles.